The van der Waals surface area contributed by atoms with Gasteiger partial charge in [0.2, 0.25) is 5.88 Å². The molecule has 1 aromatic carbocycles. The van der Waals surface area contributed by atoms with E-state index in [4.69, 9.17) is 9.47 Å². The zero-order chi connectivity index (χ0) is 24.7. The van der Waals surface area contributed by atoms with E-state index in [1.165, 1.54) is 31.9 Å². The Kier molecular flexibility index (Phi) is 6.26. The molecule has 3 aromatic rings. The van der Waals surface area contributed by atoms with E-state index in [9.17, 15) is 4.79 Å². The summed E-state index contributed by atoms with van der Waals surface area (Å²) in [6.45, 7) is 6.40. The van der Waals surface area contributed by atoms with Crippen LogP contribution in [0.25, 0.3) is 11.3 Å². The number of carbonyl (C=O) groups is 1. The van der Waals surface area contributed by atoms with Crippen LogP contribution in [-0.4, -0.2) is 45.6 Å². The van der Waals surface area contributed by atoms with Gasteiger partial charge >= 0.3 is 6.01 Å². The van der Waals surface area contributed by atoms with Gasteiger partial charge in [-0.3, -0.25) is 4.79 Å². The minimum absolute atomic E-state index is 0.117. The molecule has 1 aliphatic heterocycles. The summed E-state index contributed by atoms with van der Waals surface area (Å²) in [5, 5.41) is 0. The minimum Gasteiger partial charge on any atom is -0.480 e. The molecule has 184 valence electrons. The molecule has 0 saturated heterocycles. The highest BCUT2D eigenvalue weighted by molar-refractivity contribution is 6.01. The molecule has 1 fully saturated rings. The van der Waals surface area contributed by atoms with Gasteiger partial charge in [-0.05, 0) is 45.2 Å². The van der Waals surface area contributed by atoms with Crippen molar-refractivity contribution in [2.24, 2.45) is 0 Å². The smallest absolute Gasteiger partial charge is 0.319 e. The molecular formula is C28H34N4O3. The van der Waals surface area contributed by atoms with E-state index in [1.54, 1.807) is 13.3 Å². The Balaban J connectivity index is 1.71. The molecule has 1 saturated carbocycles. The van der Waals surface area contributed by atoms with Gasteiger partial charge < -0.3 is 18.9 Å². The molecule has 7 heteroatoms. The normalized spacial score (nSPS) is 18.3. The number of aromatic nitrogens is 3. The van der Waals surface area contributed by atoms with Gasteiger partial charge in [-0.25, -0.2) is 4.98 Å². The van der Waals surface area contributed by atoms with Crippen LogP contribution in [0.3, 0.4) is 0 Å². The molecule has 1 unspecified atom stereocenters. The first-order chi connectivity index (χ1) is 16.9. The zero-order valence-corrected chi connectivity index (χ0v) is 21.2. The first-order valence-corrected chi connectivity index (χ1v) is 12.5. The lowest BCUT2D eigenvalue weighted by atomic mass is 9.92. The van der Waals surface area contributed by atoms with Gasteiger partial charge in [0.1, 0.15) is 0 Å². The Hall–Kier alpha value is -3.35. The van der Waals surface area contributed by atoms with Crippen molar-refractivity contribution in [2.45, 2.75) is 71.0 Å². The first-order valence-electron chi connectivity index (χ1n) is 12.5. The van der Waals surface area contributed by atoms with Crippen LogP contribution in [0, 0.1) is 6.92 Å². The first kappa shape index (κ1) is 23.4. The number of fused-ring (bicyclic) bond motifs is 1. The number of hydrogen-bond acceptors (Lipinski definition) is 5. The summed E-state index contributed by atoms with van der Waals surface area (Å²) >= 11 is 0. The van der Waals surface area contributed by atoms with Crippen LogP contribution in [0.4, 0.5) is 0 Å². The maximum atomic E-state index is 14.1. The lowest BCUT2D eigenvalue weighted by Gasteiger charge is -2.37. The Morgan fingerprint density at radius 3 is 2.34 bits per heavy atom. The third kappa shape index (κ3) is 3.97. The van der Waals surface area contributed by atoms with Gasteiger partial charge in [0.05, 0.1) is 42.8 Å². The van der Waals surface area contributed by atoms with E-state index in [1.807, 2.05) is 6.07 Å². The van der Waals surface area contributed by atoms with Gasteiger partial charge in [-0.1, -0.05) is 49.1 Å². The Morgan fingerprint density at radius 2 is 1.71 bits per heavy atom. The fourth-order valence-electron chi connectivity index (χ4n) is 5.73. The van der Waals surface area contributed by atoms with Crippen molar-refractivity contribution in [2.75, 3.05) is 14.2 Å². The van der Waals surface area contributed by atoms with Crippen LogP contribution in [0.1, 0.15) is 85.2 Å². The molecule has 3 heterocycles. The van der Waals surface area contributed by atoms with E-state index in [0.717, 1.165) is 40.9 Å². The lowest BCUT2D eigenvalue weighted by Crippen LogP contribution is -2.40. The van der Waals surface area contributed by atoms with Crippen molar-refractivity contribution in [3.8, 4) is 23.1 Å². The van der Waals surface area contributed by atoms with Gasteiger partial charge in [0, 0.05) is 18.3 Å². The number of hydrogen-bond donors (Lipinski definition) is 0. The van der Waals surface area contributed by atoms with Crippen LogP contribution in [0.2, 0.25) is 0 Å². The second-order valence-corrected chi connectivity index (χ2v) is 9.89. The molecule has 7 nitrogen and oxygen atoms in total. The lowest BCUT2D eigenvalue weighted by molar-refractivity contribution is 0.0606. The maximum Gasteiger partial charge on any atom is 0.319 e. The molecule has 1 amide bonds. The SMILES string of the molecule is COc1ncc(-c2cc3c(n2C(C)C)C(c2ccc(C)cc2)N(C2CCCCC2)C3=O)c(OC)n1. The second kappa shape index (κ2) is 9.36. The molecule has 5 rings (SSSR count). The predicted molar refractivity (Wildman–Crippen MR) is 135 cm³/mol. The van der Waals surface area contributed by atoms with E-state index in [0.29, 0.717) is 5.88 Å². The van der Waals surface area contributed by atoms with Gasteiger partial charge in [-0.2, -0.15) is 4.98 Å². The monoisotopic (exact) mass is 474 g/mol. The Labute approximate surface area is 207 Å². The third-order valence-electron chi connectivity index (χ3n) is 7.34. The number of ether oxygens (including phenoxy) is 2. The van der Waals surface area contributed by atoms with E-state index in [-0.39, 0.29) is 30.0 Å². The van der Waals surface area contributed by atoms with Crippen molar-refractivity contribution < 1.29 is 14.3 Å². The average molecular weight is 475 g/mol. The number of methoxy groups -OCH3 is 2. The molecule has 0 N–H and O–H groups in total. The standard InChI is InChI=1S/C28H34N4O3/c1-17(2)31-23(22-16-29-28(35-5)30-26(22)34-4)15-21-25(31)24(19-13-11-18(3)12-14-19)32(27(21)33)20-9-7-6-8-10-20/h11-17,20,24H,6-10H2,1-5H3. The Morgan fingerprint density at radius 1 is 1.00 bits per heavy atom. The van der Waals surface area contributed by atoms with E-state index in [2.05, 4.69) is 64.5 Å². The summed E-state index contributed by atoms with van der Waals surface area (Å²) in [6.07, 6.45) is 7.45. The van der Waals surface area contributed by atoms with Crippen LogP contribution in [0.15, 0.2) is 36.5 Å². The van der Waals surface area contributed by atoms with Crippen LogP contribution < -0.4 is 9.47 Å². The summed E-state index contributed by atoms with van der Waals surface area (Å²) in [7, 11) is 3.12. The van der Waals surface area contributed by atoms with Crippen molar-refractivity contribution in [3.63, 3.8) is 0 Å². The summed E-state index contributed by atoms with van der Waals surface area (Å²) in [6, 6.07) is 11.1. The highest BCUT2D eigenvalue weighted by Crippen LogP contribution is 2.47. The highest BCUT2D eigenvalue weighted by Gasteiger charge is 2.45. The second-order valence-electron chi connectivity index (χ2n) is 9.89. The fourth-order valence-corrected chi connectivity index (χ4v) is 5.73. The highest BCUT2D eigenvalue weighted by atomic mass is 16.5. The molecule has 0 spiro atoms. The number of rotatable bonds is 6. The van der Waals surface area contributed by atoms with Gasteiger partial charge in [-0.15, -0.1) is 0 Å². The summed E-state index contributed by atoms with van der Waals surface area (Å²) < 4.78 is 13.1. The topological polar surface area (TPSA) is 69.5 Å². The summed E-state index contributed by atoms with van der Waals surface area (Å²) in [5.41, 5.74) is 5.81. The van der Waals surface area contributed by atoms with E-state index < -0.39 is 0 Å². The van der Waals surface area contributed by atoms with Crippen molar-refractivity contribution >= 4 is 5.91 Å². The predicted octanol–water partition coefficient (Wildman–Crippen LogP) is 5.73. The number of carbonyl (C=O) groups excluding carboxylic acids is 1. The number of aryl methyl sites for hydroxylation is 1. The third-order valence-corrected chi connectivity index (χ3v) is 7.34. The van der Waals surface area contributed by atoms with Crippen molar-refractivity contribution in [3.05, 3.63) is 58.9 Å². The molecule has 1 aliphatic carbocycles. The molecule has 2 aromatic heterocycles. The molecular weight excluding hydrogens is 440 g/mol. The Bertz CT molecular complexity index is 1230. The fraction of sp³-hybridized carbons (Fsp3) is 0.464. The molecule has 1 atom stereocenters. The van der Waals surface area contributed by atoms with Crippen molar-refractivity contribution in [1.82, 2.24) is 19.4 Å². The summed E-state index contributed by atoms with van der Waals surface area (Å²) in [5.74, 6) is 0.546. The molecule has 0 bridgehead atoms. The van der Waals surface area contributed by atoms with Gasteiger partial charge in [0.15, 0.2) is 0 Å². The number of benzene rings is 1. The summed E-state index contributed by atoms with van der Waals surface area (Å²) in [4.78, 5) is 25.0. The van der Waals surface area contributed by atoms with Crippen molar-refractivity contribution in [1.29, 1.82) is 0 Å². The number of nitrogens with zero attached hydrogens (tertiary/aromatic N) is 4. The average Bonchev–Trinajstić information content (AvgIpc) is 3.40. The quantitative estimate of drug-likeness (QED) is 0.456. The van der Waals surface area contributed by atoms with Gasteiger partial charge in [0.25, 0.3) is 5.91 Å². The van der Waals surface area contributed by atoms with Crippen LogP contribution in [0.5, 0.6) is 11.9 Å². The minimum atomic E-state index is -0.123. The zero-order valence-electron chi connectivity index (χ0n) is 21.2. The molecule has 0 radical (unpaired) electrons. The van der Waals surface area contributed by atoms with E-state index >= 15 is 0 Å². The molecule has 2 aliphatic rings. The number of amides is 1. The largest absolute Gasteiger partial charge is 0.480 e. The van der Waals surface area contributed by atoms with Crippen LogP contribution in [-0.2, 0) is 0 Å². The van der Waals surface area contributed by atoms with Crippen LogP contribution >= 0.6 is 0 Å². The molecule has 35 heavy (non-hydrogen) atoms. The maximum absolute atomic E-state index is 14.1.